The highest BCUT2D eigenvalue weighted by Crippen LogP contribution is 2.53. The maximum absolute atomic E-state index is 14.4. The lowest BCUT2D eigenvalue weighted by atomic mass is 9.70. The van der Waals surface area contributed by atoms with E-state index in [2.05, 4.69) is 31.9 Å². The molecule has 1 aromatic rings. The molecule has 1 aromatic carbocycles. The van der Waals surface area contributed by atoms with Crippen molar-refractivity contribution in [2.75, 3.05) is 79.7 Å². The molecule has 2 atom stereocenters. The van der Waals surface area contributed by atoms with Crippen LogP contribution in [0.2, 0.25) is 0 Å². The first kappa shape index (κ1) is 50.5. The molecule has 24 nitrogen and oxygen atoms in total. The Morgan fingerprint density at radius 3 is 1.88 bits per heavy atom. The van der Waals surface area contributed by atoms with E-state index in [4.69, 9.17) is 14.6 Å². The van der Waals surface area contributed by atoms with Gasteiger partial charge in [-0.1, -0.05) is 6.08 Å². The number of aliphatic hydroxyl groups excluding tert-OH is 1. The summed E-state index contributed by atoms with van der Waals surface area (Å²) < 4.78 is 11.0. The number of hydrogen-bond donors (Lipinski definition) is 10. The van der Waals surface area contributed by atoms with Crippen molar-refractivity contribution in [1.82, 2.24) is 41.7 Å². The van der Waals surface area contributed by atoms with Crippen LogP contribution in [0.5, 0.6) is 11.5 Å². The van der Waals surface area contributed by atoms with E-state index < -0.39 is 138 Å². The number of hydrogen-bond acceptors (Lipinski definition) is 16. The van der Waals surface area contributed by atoms with E-state index >= 15 is 0 Å². The number of nitrogens with one attached hydrogen (secondary N) is 6. The molecule has 0 bridgehead atoms. The Morgan fingerprint density at radius 2 is 1.32 bits per heavy atom. The molecule has 8 amide bonds. The van der Waals surface area contributed by atoms with Crippen LogP contribution in [0.1, 0.15) is 89.3 Å². The van der Waals surface area contributed by atoms with Crippen LogP contribution in [0, 0.1) is 0 Å². The monoisotopic (exact) mass is 952 g/mol. The number of piperazine rings is 1. The van der Waals surface area contributed by atoms with E-state index in [1.807, 2.05) is 0 Å². The summed E-state index contributed by atoms with van der Waals surface area (Å²) in [5.41, 5.74) is -3.98. The normalized spacial score (nSPS) is 20.1. The van der Waals surface area contributed by atoms with Gasteiger partial charge in [0.05, 0.1) is 74.8 Å². The fourth-order valence-corrected chi connectivity index (χ4v) is 9.22. The summed E-state index contributed by atoms with van der Waals surface area (Å²) in [5, 5.41) is 58.1. The summed E-state index contributed by atoms with van der Waals surface area (Å²) in [5.74, 6) is -7.45. The molecule has 1 spiro atoms. The van der Waals surface area contributed by atoms with Crippen LogP contribution in [-0.4, -0.2) is 180 Å². The van der Waals surface area contributed by atoms with Gasteiger partial charge < -0.3 is 71.6 Å². The molecule has 368 valence electrons. The molecular formula is C44H56N8O16. The quantitative estimate of drug-likeness (QED) is 0.0639. The third-order valence-electron chi connectivity index (χ3n) is 12.8. The first-order valence-electron chi connectivity index (χ1n) is 22.1. The lowest BCUT2D eigenvalue weighted by Crippen LogP contribution is -2.70. The smallest absolute Gasteiger partial charge is 0.255 e. The number of fused-ring (bicyclic) bond motifs is 3. The number of phenols is 2. The van der Waals surface area contributed by atoms with Gasteiger partial charge >= 0.3 is 0 Å². The van der Waals surface area contributed by atoms with Gasteiger partial charge in [-0.2, -0.15) is 0 Å². The molecule has 4 aliphatic carbocycles. The zero-order chi connectivity index (χ0) is 49.5. The summed E-state index contributed by atoms with van der Waals surface area (Å²) in [7, 11) is 2.65. The fraction of sp³-hybridized carbons (Fsp3) is 0.545. The molecule has 2 fully saturated rings. The van der Waals surface area contributed by atoms with Crippen LogP contribution in [-0.2, 0) is 54.3 Å². The van der Waals surface area contributed by atoms with Gasteiger partial charge in [-0.05, 0) is 25.7 Å². The number of ether oxygens (including phenoxy) is 2. The van der Waals surface area contributed by atoms with E-state index in [1.54, 1.807) is 11.0 Å². The van der Waals surface area contributed by atoms with Crippen LogP contribution < -0.4 is 31.9 Å². The molecule has 10 N–H and O–H groups in total. The number of allylic oxidation sites excluding steroid dienone is 4. The van der Waals surface area contributed by atoms with Crippen molar-refractivity contribution >= 4 is 58.8 Å². The Bertz CT molecular complexity index is 2360. The zero-order valence-corrected chi connectivity index (χ0v) is 37.7. The molecular weight excluding hydrogens is 897 g/mol. The molecule has 0 aromatic heterocycles. The number of ketones is 2. The lowest BCUT2D eigenvalue weighted by Gasteiger charge is -2.56. The number of rotatable bonds is 18. The van der Waals surface area contributed by atoms with E-state index in [-0.39, 0.29) is 80.1 Å². The van der Waals surface area contributed by atoms with Crippen molar-refractivity contribution in [3.8, 4) is 11.5 Å². The van der Waals surface area contributed by atoms with Crippen molar-refractivity contribution in [2.24, 2.45) is 0 Å². The number of aliphatic hydroxyl groups is 2. The van der Waals surface area contributed by atoms with E-state index in [0.29, 0.717) is 25.7 Å². The molecule has 1 saturated heterocycles. The third-order valence-corrected chi connectivity index (χ3v) is 12.8. The number of amides is 8. The maximum atomic E-state index is 14.4. The number of aromatic hydroxyl groups is 2. The first-order chi connectivity index (χ1) is 32.4. The Balaban J connectivity index is 0.968. The number of methoxy groups -OCH3 is 2. The topological polar surface area (TPSA) is 349 Å². The fourth-order valence-electron chi connectivity index (χ4n) is 9.22. The second kappa shape index (κ2) is 21.4. The second-order valence-electron chi connectivity index (χ2n) is 17.1. The third kappa shape index (κ3) is 10.6. The molecule has 0 radical (unpaired) electrons. The van der Waals surface area contributed by atoms with Gasteiger partial charge in [-0.15, -0.1) is 0 Å². The summed E-state index contributed by atoms with van der Waals surface area (Å²) in [6.45, 7) is -2.74. The highest BCUT2D eigenvalue weighted by Gasteiger charge is 2.55. The minimum absolute atomic E-state index is 0.00142. The summed E-state index contributed by atoms with van der Waals surface area (Å²) >= 11 is 0. The minimum Gasteiger partial charge on any atom is -0.507 e. The molecule has 1 heterocycles. The zero-order valence-electron chi connectivity index (χ0n) is 37.7. The van der Waals surface area contributed by atoms with E-state index in [1.165, 1.54) is 19.1 Å². The van der Waals surface area contributed by atoms with Crippen LogP contribution in [0.15, 0.2) is 23.0 Å². The van der Waals surface area contributed by atoms with E-state index in [9.17, 15) is 63.3 Å². The van der Waals surface area contributed by atoms with Crippen LogP contribution in [0.25, 0.3) is 0 Å². The number of carbonyl (C=O) groups is 10. The highest BCUT2D eigenvalue weighted by molar-refractivity contribution is 6.33. The van der Waals surface area contributed by atoms with Gasteiger partial charge in [-0.25, -0.2) is 0 Å². The number of nitrogens with zero attached hydrogens (tertiary/aromatic N) is 2. The Morgan fingerprint density at radius 1 is 0.750 bits per heavy atom. The van der Waals surface area contributed by atoms with Gasteiger partial charge in [0.1, 0.15) is 22.9 Å². The minimum atomic E-state index is -2.20. The van der Waals surface area contributed by atoms with Gasteiger partial charge in [0, 0.05) is 82.1 Å². The van der Waals surface area contributed by atoms with Crippen molar-refractivity contribution in [2.45, 2.75) is 75.0 Å². The average molecular weight is 953 g/mol. The Kier molecular flexibility index (Phi) is 15.9. The molecule has 68 heavy (non-hydrogen) atoms. The molecule has 2 unspecified atom stereocenters. The lowest BCUT2D eigenvalue weighted by molar-refractivity contribution is -0.169. The van der Waals surface area contributed by atoms with Gasteiger partial charge in [0.25, 0.3) is 5.91 Å². The first-order valence-corrected chi connectivity index (χ1v) is 22.1. The predicted octanol–water partition coefficient (Wildman–Crippen LogP) is -3.47. The van der Waals surface area contributed by atoms with Gasteiger partial charge in [0.15, 0.2) is 5.78 Å². The largest absolute Gasteiger partial charge is 0.507 e. The summed E-state index contributed by atoms with van der Waals surface area (Å²) in [6, 6.07) is 0. The summed E-state index contributed by atoms with van der Waals surface area (Å²) in [6.07, 6.45) is 1.78. The SMILES string of the molecule is COC1=C2C(=O)c3c(O)c4c(c(O)c3C(=O)C2=CCC1)CC(O)(C(=O)N1CCN(C(=O)CNC(=O)CNC(=O)CNC(=O)CNC(=O)CNC(=O)CCNC(=O)CCO)C2(CCC2)C1)CC4OC. The predicted molar refractivity (Wildman–Crippen MR) is 232 cm³/mol. The Hall–Kier alpha value is -6.92. The molecule has 1 saturated carbocycles. The average Bonchev–Trinajstić information content (AvgIpc) is 3.31. The molecule has 1 aliphatic heterocycles. The van der Waals surface area contributed by atoms with Crippen molar-refractivity contribution in [1.29, 1.82) is 0 Å². The standard InChI is InChI=1S/C44H56N8O16/c1-67-25-6-3-5-23-34(25)40(63)37-36(38(23)61)39(62)24-15-44(66,16-26(68-2)35(24)41(37)64)42(65)51-12-13-52(43(22-51)9-4-10-43)33(60)21-50-32(59)20-49-31(58)19-48-30(57)18-47-29(56)17-46-27(54)7-11-45-28(55)8-14-53/h5,26,53,62,64,66H,3-4,6-22H2,1-2H3,(H,45,55)(H,46,54)(H,47,56)(H,48,57)(H,49,58)(H,50,59). The summed E-state index contributed by atoms with van der Waals surface area (Å²) in [4.78, 5) is 131. The maximum Gasteiger partial charge on any atom is 0.255 e. The van der Waals surface area contributed by atoms with Crippen LogP contribution >= 0.6 is 0 Å². The molecule has 5 aliphatic rings. The number of benzene rings is 1. The van der Waals surface area contributed by atoms with Gasteiger partial charge in [-0.3, -0.25) is 47.9 Å². The number of Topliss-reactive ketones (excluding diaryl/α,β-unsaturated/α-hetero) is 2. The van der Waals surface area contributed by atoms with Crippen LogP contribution in [0.4, 0.5) is 0 Å². The molecule has 6 rings (SSSR count). The van der Waals surface area contributed by atoms with Crippen LogP contribution in [0.3, 0.4) is 0 Å². The van der Waals surface area contributed by atoms with Crippen molar-refractivity contribution < 1.29 is 77.8 Å². The van der Waals surface area contributed by atoms with E-state index in [0.717, 1.165) is 6.42 Å². The highest BCUT2D eigenvalue weighted by atomic mass is 16.5. The van der Waals surface area contributed by atoms with Crippen molar-refractivity contribution in [3.63, 3.8) is 0 Å². The van der Waals surface area contributed by atoms with Gasteiger partial charge in [0.2, 0.25) is 47.1 Å². The number of carbonyl (C=O) groups excluding carboxylic acids is 10. The number of phenolic OH excluding ortho intramolecular Hbond substituents is 2. The Labute approximate surface area is 389 Å². The second-order valence-corrected chi connectivity index (χ2v) is 17.1. The molecule has 24 heteroatoms. The van der Waals surface area contributed by atoms with Crippen molar-refractivity contribution in [3.05, 3.63) is 45.2 Å².